The minimum Gasteiger partial charge on any atom is -0.497 e. The number of ether oxygens (including phenoxy) is 1. The van der Waals surface area contributed by atoms with Gasteiger partial charge in [0.05, 0.1) is 24.2 Å². The monoisotopic (exact) mass is 449 g/mol. The summed E-state index contributed by atoms with van der Waals surface area (Å²) >= 11 is 3.35. The molecule has 3 aromatic carbocycles. The summed E-state index contributed by atoms with van der Waals surface area (Å²) in [6.07, 6.45) is 0. The molecule has 0 heterocycles. The lowest BCUT2D eigenvalue weighted by Gasteiger charge is -2.25. The van der Waals surface area contributed by atoms with Gasteiger partial charge in [-0.15, -0.1) is 0 Å². The van der Waals surface area contributed by atoms with Gasteiger partial charge in [-0.25, -0.2) is 12.8 Å². The first kappa shape index (κ1) is 19.4. The largest absolute Gasteiger partial charge is 0.497 e. The molecule has 27 heavy (non-hydrogen) atoms. The normalized spacial score (nSPS) is 11.2. The molecule has 0 amide bonds. The van der Waals surface area contributed by atoms with Crippen molar-refractivity contribution in [1.82, 2.24) is 0 Å². The van der Waals surface area contributed by atoms with E-state index in [9.17, 15) is 12.8 Å². The first-order valence-corrected chi connectivity index (χ1v) is 10.3. The molecule has 0 aromatic heterocycles. The van der Waals surface area contributed by atoms with Gasteiger partial charge >= 0.3 is 0 Å². The Kier molecular flexibility index (Phi) is 5.82. The van der Waals surface area contributed by atoms with E-state index in [-0.39, 0.29) is 11.4 Å². The molecular weight excluding hydrogens is 433 g/mol. The second-order valence-corrected chi connectivity index (χ2v) is 8.57. The SMILES string of the molecule is COc1cccc(S(=O)(=O)N(Cc2cccc(F)c2)c2ccc(Br)cc2)c1. The maximum Gasteiger partial charge on any atom is 0.264 e. The number of sulfonamides is 1. The first-order valence-electron chi connectivity index (χ1n) is 8.07. The van der Waals surface area contributed by atoms with E-state index < -0.39 is 15.8 Å². The summed E-state index contributed by atoms with van der Waals surface area (Å²) in [7, 11) is -2.42. The molecule has 0 atom stereocenters. The Labute approximate surface area is 166 Å². The number of nitrogens with zero attached hydrogens (tertiary/aromatic N) is 1. The van der Waals surface area contributed by atoms with Gasteiger partial charge in [-0.3, -0.25) is 4.31 Å². The van der Waals surface area contributed by atoms with Crippen molar-refractivity contribution in [2.75, 3.05) is 11.4 Å². The lowest BCUT2D eigenvalue weighted by atomic mass is 10.2. The summed E-state index contributed by atoms with van der Waals surface area (Å²) in [5, 5.41) is 0. The molecule has 0 saturated heterocycles. The number of methoxy groups -OCH3 is 1. The average Bonchev–Trinajstić information content (AvgIpc) is 2.67. The first-order chi connectivity index (χ1) is 12.9. The Morgan fingerprint density at radius 3 is 2.37 bits per heavy atom. The van der Waals surface area contributed by atoms with Gasteiger partial charge in [-0.1, -0.05) is 34.1 Å². The van der Waals surface area contributed by atoms with Crippen molar-refractivity contribution in [3.05, 3.63) is 88.6 Å². The van der Waals surface area contributed by atoms with E-state index in [0.29, 0.717) is 17.0 Å². The van der Waals surface area contributed by atoms with Crippen LogP contribution in [-0.4, -0.2) is 15.5 Å². The highest BCUT2D eigenvalue weighted by Crippen LogP contribution is 2.29. The molecule has 0 unspecified atom stereocenters. The molecule has 3 aromatic rings. The second kappa shape index (κ2) is 8.10. The summed E-state index contributed by atoms with van der Waals surface area (Å²) < 4.78 is 47.5. The maximum atomic E-state index is 13.6. The quantitative estimate of drug-likeness (QED) is 0.532. The van der Waals surface area contributed by atoms with Crippen molar-refractivity contribution in [2.24, 2.45) is 0 Å². The molecule has 0 aliphatic carbocycles. The predicted octanol–water partition coefficient (Wildman–Crippen LogP) is 4.99. The minimum absolute atomic E-state index is 0.00106. The Morgan fingerprint density at radius 2 is 1.70 bits per heavy atom. The summed E-state index contributed by atoms with van der Waals surface area (Å²) in [5.74, 6) is 0.0274. The zero-order valence-electron chi connectivity index (χ0n) is 14.5. The highest BCUT2D eigenvalue weighted by Gasteiger charge is 2.26. The van der Waals surface area contributed by atoms with Gasteiger partial charge in [0, 0.05) is 10.5 Å². The predicted molar refractivity (Wildman–Crippen MR) is 107 cm³/mol. The van der Waals surface area contributed by atoms with Crippen LogP contribution >= 0.6 is 15.9 Å². The van der Waals surface area contributed by atoms with Gasteiger partial charge < -0.3 is 4.74 Å². The molecule has 0 fully saturated rings. The van der Waals surface area contributed by atoms with Crippen molar-refractivity contribution in [2.45, 2.75) is 11.4 Å². The van der Waals surface area contributed by atoms with Crippen LogP contribution in [0.4, 0.5) is 10.1 Å². The fraction of sp³-hybridized carbons (Fsp3) is 0.100. The third-order valence-corrected chi connectivity index (χ3v) is 6.26. The highest BCUT2D eigenvalue weighted by molar-refractivity contribution is 9.10. The topological polar surface area (TPSA) is 46.6 Å². The molecule has 0 aliphatic rings. The molecule has 3 rings (SSSR count). The lowest BCUT2D eigenvalue weighted by Crippen LogP contribution is -2.30. The van der Waals surface area contributed by atoms with Crippen LogP contribution in [0.25, 0.3) is 0 Å². The Morgan fingerprint density at radius 1 is 1.00 bits per heavy atom. The van der Waals surface area contributed by atoms with E-state index in [2.05, 4.69) is 15.9 Å². The van der Waals surface area contributed by atoms with Crippen LogP contribution in [-0.2, 0) is 16.6 Å². The van der Waals surface area contributed by atoms with Crippen LogP contribution in [0.5, 0.6) is 5.75 Å². The third-order valence-electron chi connectivity index (χ3n) is 3.96. The zero-order valence-corrected chi connectivity index (χ0v) is 16.9. The van der Waals surface area contributed by atoms with Gasteiger partial charge in [0.15, 0.2) is 0 Å². The molecule has 0 aliphatic heterocycles. The van der Waals surface area contributed by atoms with Crippen LogP contribution in [0.15, 0.2) is 82.2 Å². The lowest BCUT2D eigenvalue weighted by molar-refractivity contribution is 0.413. The van der Waals surface area contributed by atoms with Gasteiger partial charge in [0.2, 0.25) is 0 Å². The van der Waals surface area contributed by atoms with Crippen LogP contribution in [0, 0.1) is 5.82 Å². The second-order valence-electron chi connectivity index (χ2n) is 5.80. The minimum atomic E-state index is -3.90. The van der Waals surface area contributed by atoms with E-state index >= 15 is 0 Å². The molecule has 4 nitrogen and oxygen atoms in total. The Hall–Kier alpha value is -2.38. The standard InChI is InChI=1S/C20H17BrFNO3S/c1-26-19-6-3-7-20(13-19)27(24,25)23(18-10-8-16(21)9-11-18)14-15-4-2-5-17(22)12-15/h2-13H,14H2,1H3. The number of anilines is 1. The summed E-state index contributed by atoms with van der Waals surface area (Å²) in [6, 6.07) is 19.1. The number of hydrogen-bond donors (Lipinski definition) is 0. The number of benzene rings is 3. The molecular formula is C20H17BrFNO3S. The summed E-state index contributed by atoms with van der Waals surface area (Å²) in [6.45, 7) is -0.00106. The highest BCUT2D eigenvalue weighted by atomic mass is 79.9. The number of hydrogen-bond acceptors (Lipinski definition) is 3. The maximum absolute atomic E-state index is 13.6. The molecule has 7 heteroatoms. The van der Waals surface area contributed by atoms with Crippen LogP contribution < -0.4 is 9.04 Å². The van der Waals surface area contributed by atoms with Crippen molar-refractivity contribution < 1.29 is 17.5 Å². The van der Waals surface area contributed by atoms with Gasteiger partial charge in [0.1, 0.15) is 11.6 Å². The summed E-state index contributed by atoms with van der Waals surface area (Å²) in [4.78, 5) is 0.0983. The zero-order chi connectivity index (χ0) is 19.4. The van der Waals surface area contributed by atoms with Crippen molar-refractivity contribution >= 4 is 31.6 Å². The van der Waals surface area contributed by atoms with E-state index in [1.165, 1.54) is 35.7 Å². The van der Waals surface area contributed by atoms with E-state index in [0.717, 1.165) is 4.47 Å². The van der Waals surface area contributed by atoms with Crippen molar-refractivity contribution in [3.63, 3.8) is 0 Å². The van der Waals surface area contributed by atoms with E-state index in [1.54, 1.807) is 48.5 Å². The average molecular weight is 450 g/mol. The van der Waals surface area contributed by atoms with E-state index in [4.69, 9.17) is 4.74 Å². The molecule has 0 N–H and O–H groups in total. The van der Waals surface area contributed by atoms with Crippen LogP contribution in [0.3, 0.4) is 0 Å². The molecule has 0 bridgehead atoms. The molecule has 0 radical (unpaired) electrons. The van der Waals surface area contributed by atoms with Crippen molar-refractivity contribution in [3.8, 4) is 5.75 Å². The molecule has 0 spiro atoms. The fourth-order valence-corrected chi connectivity index (χ4v) is 4.37. The number of halogens is 2. The van der Waals surface area contributed by atoms with Gasteiger partial charge in [-0.2, -0.15) is 0 Å². The Bertz CT molecular complexity index is 1040. The van der Waals surface area contributed by atoms with Crippen molar-refractivity contribution in [1.29, 1.82) is 0 Å². The molecule has 0 saturated carbocycles. The fourth-order valence-electron chi connectivity index (χ4n) is 2.61. The van der Waals surface area contributed by atoms with Crippen LogP contribution in [0.2, 0.25) is 0 Å². The smallest absolute Gasteiger partial charge is 0.264 e. The van der Waals surface area contributed by atoms with Crippen LogP contribution in [0.1, 0.15) is 5.56 Å². The Balaban J connectivity index is 2.08. The van der Waals surface area contributed by atoms with Gasteiger partial charge in [-0.05, 0) is 54.1 Å². The molecule has 140 valence electrons. The summed E-state index contributed by atoms with van der Waals surface area (Å²) in [5.41, 5.74) is 1.02. The number of rotatable bonds is 6. The van der Waals surface area contributed by atoms with Gasteiger partial charge in [0.25, 0.3) is 10.0 Å². The van der Waals surface area contributed by atoms with E-state index in [1.807, 2.05) is 0 Å². The third kappa shape index (κ3) is 4.48.